The topological polar surface area (TPSA) is 145 Å². The maximum absolute atomic E-state index is 12.1. The van der Waals surface area contributed by atoms with Gasteiger partial charge in [0.1, 0.15) is 17.4 Å². The Labute approximate surface area is 125 Å². The van der Waals surface area contributed by atoms with Crippen LogP contribution < -0.4 is 0 Å². The summed E-state index contributed by atoms with van der Waals surface area (Å²) in [5.74, 6) is -3.29. The molecule has 0 aliphatic rings. The van der Waals surface area contributed by atoms with Gasteiger partial charge >= 0.3 is 5.69 Å². The van der Waals surface area contributed by atoms with Crippen LogP contribution in [-0.4, -0.2) is 26.0 Å². The van der Waals surface area contributed by atoms with Crippen LogP contribution in [0.2, 0.25) is 0 Å². The number of nitrogens with zero attached hydrogens (tertiary/aromatic N) is 2. The molecule has 8 heteroatoms. The normalized spacial score (nSPS) is 12.3. The molecule has 1 aromatic carbocycles. The molecule has 22 heavy (non-hydrogen) atoms. The van der Waals surface area contributed by atoms with E-state index in [9.17, 15) is 30.2 Å². The molecule has 0 amide bonds. The molecule has 0 atom stereocenters. The molecular formula is C14H14N2O6. The first-order chi connectivity index (χ1) is 10.0. The highest BCUT2D eigenvalue weighted by Gasteiger charge is 2.29. The van der Waals surface area contributed by atoms with Crippen LogP contribution in [0.4, 0.5) is 5.69 Å². The minimum atomic E-state index is -0.970. The number of carbonyl (C=O) groups is 1. The van der Waals surface area contributed by atoms with E-state index in [1.54, 1.807) is 6.07 Å². The van der Waals surface area contributed by atoms with Gasteiger partial charge in [0.15, 0.2) is 11.5 Å². The Morgan fingerprint density at radius 3 is 2.27 bits per heavy atom. The molecule has 0 saturated heterocycles. The van der Waals surface area contributed by atoms with Gasteiger partial charge in [-0.05, 0) is 6.07 Å². The van der Waals surface area contributed by atoms with Crippen molar-refractivity contribution < 1.29 is 25.0 Å². The van der Waals surface area contributed by atoms with E-state index in [4.69, 9.17) is 5.26 Å². The van der Waals surface area contributed by atoms with Crippen LogP contribution in [0.25, 0.3) is 5.76 Å². The van der Waals surface area contributed by atoms with E-state index in [0.717, 1.165) is 12.1 Å². The minimum Gasteiger partial charge on any atom is -0.506 e. The molecule has 0 unspecified atom stereocenters. The number of phenols is 2. The van der Waals surface area contributed by atoms with Gasteiger partial charge in [-0.15, -0.1) is 0 Å². The van der Waals surface area contributed by atoms with Gasteiger partial charge < -0.3 is 15.3 Å². The molecule has 0 aromatic heterocycles. The first-order valence-corrected chi connectivity index (χ1v) is 6.09. The van der Waals surface area contributed by atoms with Crippen molar-refractivity contribution in [1.82, 2.24) is 0 Å². The Morgan fingerprint density at radius 1 is 1.32 bits per heavy atom. The Kier molecular flexibility index (Phi) is 4.42. The number of nitro groups is 1. The molecule has 8 nitrogen and oxygen atoms in total. The molecule has 0 aliphatic carbocycles. The second-order valence-corrected chi connectivity index (χ2v) is 5.53. The van der Waals surface area contributed by atoms with Crippen molar-refractivity contribution in [1.29, 1.82) is 5.26 Å². The Bertz CT molecular complexity index is 722. The number of Topliss-reactive ketones (excluding diaryl/α,β-unsaturated/α-hetero) is 1. The van der Waals surface area contributed by atoms with Crippen molar-refractivity contribution in [2.45, 2.75) is 20.8 Å². The summed E-state index contributed by atoms with van der Waals surface area (Å²) in [6.45, 7) is 4.62. The number of aromatic hydroxyl groups is 2. The van der Waals surface area contributed by atoms with E-state index in [-0.39, 0.29) is 5.56 Å². The second-order valence-electron chi connectivity index (χ2n) is 5.53. The van der Waals surface area contributed by atoms with Crippen LogP contribution in [0.1, 0.15) is 26.3 Å². The van der Waals surface area contributed by atoms with E-state index >= 15 is 0 Å². The second kappa shape index (κ2) is 5.73. The molecule has 0 bridgehead atoms. The van der Waals surface area contributed by atoms with Crippen LogP contribution in [0.3, 0.4) is 0 Å². The fourth-order valence-corrected chi connectivity index (χ4v) is 1.61. The fraction of sp³-hybridized carbons (Fsp3) is 0.286. The lowest BCUT2D eigenvalue weighted by Crippen LogP contribution is -2.22. The van der Waals surface area contributed by atoms with Gasteiger partial charge in [0.2, 0.25) is 5.75 Å². The van der Waals surface area contributed by atoms with E-state index in [2.05, 4.69) is 0 Å². The van der Waals surface area contributed by atoms with Gasteiger partial charge in [0.05, 0.1) is 4.92 Å². The zero-order valence-electron chi connectivity index (χ0n) is 12.1. The first kappa shape index (κ1) is 17.0. The number of ketones is 1. The Morgan fingerprint density at radius 2 is 1.86 bits per heavy atom. The zero-order valence-corrected chi connectivity index (χ0v) is 12.1. The Hall–Kier alpha value is -3.08. The molecule has 3 N–H and O–H groups in total. The predicted octanol–water partition coefficient (Wildman–Crippen LogP) is 2.41. The van der Waals surface area contributed by atoms with Crippen LogP contribution in [0, 0.1) is 26.9 Å². The van der Waals surface area contributed by atoms with Gasteiger partial charge in [0, 0.05) is 17.0 Å². The predicted molar refractivity (Wildman–Crippen MR) is 76.0 cm³/mol. The number of hydrogen-bond acceptors (Lipinski definition) is 7. The summed E-state index contributed by atoms with van der Waals surface area (Å²) in [4.78, 5) is 21.9. The van der Waals surface area contributed by atoms with Gasteiger partial charge in [-0.3, -0.25) is 14.9 Å². The Balaban J connectivity index is 3.60. The molecule has 0 fully saturated rings. The SMILES string of the molecule is CC(C)(C)C(=O)/C(C#N)=C(\O)c1cc(O)c(O)c([N+](=O)[O-])c1. The number of nitriles is 1. The summed E-state index contributed by atoms with van der Waals surface area (Å²) in [6, 6.07) is 3.14. The fourth-order valence-electron chi connectivity index (χ4n) is 1.61. The van der Waals surface area contributed by atoms with Crippen molar-refractivity contribution in [2.75, 3.05) is 0 Å². The number of rotatable bonds is 3. The quantitative estimate of drug-likeness (QED) is 0.194. The molecule has 1 aromatic rings. The first-order valence-electron chi connectivity index (χ1n) is 6.09. The van der Waals surface area contributed by atoms with E-state index in [1.165, 1.54) is 20.8 Å². The van der Waals surface area contributed by atoms with Crippen molar-refractivity contribution in [3.8, 4) is 17.6 Å². The molecule has 0 aliphatic heterocycles. The molecule has 0 saturated carbocycles. The van der Waals surface area contributed by atoms with Crippen molar-refractivity contribution in [3.63, 3.8) is 0 Å². The maximum atomic E-state index is 12.1. The summed E-state index contributed by atoms with van der Waals surface area (Å²) >= 11 is 0. The van der Waals surface area contributed by atoms with Crippen LogP contribution in [0.15, 0.2) is 17.7 Å². The third-order valence-electron chi connectivity index (χ3n) is 2.80. The number of hydrogen-bond donors (Lipinski definition) is 3. The molecule has 116 valence electrons. The molecule has 0 spiro atoms. The minimum absolute atomic E-state index is 0.323. The van der Waals surface area contributed by atoms with Gasteiger partial charge in [0.25, 0.3) is 0 Å². The number of benzene rings is 1. The monoisotopic (exact) mass is 306 g/mol. The summed E-state index contributed by atoms with van der Waals surface area (Å²) in [6.07, 6.45) is 0. The average molecular weight is 306 g/mol. The third kappa shape index (κ3) is 3.15. The summed E-state index contributed by atoms with van der Waals surface area (Å²) in [7, 11) is 0. The number of aliphatic hydroxyl groups is 1. The summed E-state index contributed by atoms with van der Waals surface area (Å²) in [5, 5.41) is 48.8. The van der Waals surface area contributed by atoms with Crippen molar-refractivity contribution in [3.05, 3.63) is 33.4 Å². The van der Waals surface area contributed by atoms with Gasteiger partial charge in [-0.1, -0.05) is 20.8 Å². The van der Waals surface area contributed by atoms with E-state index < -0.39 is 44.6 Å². The van der Waals surface area contributed by atoms with Crippen molar-refractivity contribution in [2.24, 2.45) is 5.41 Å². The summed E-state index contributed by atoms with van der Waals surface area (Å²) in [5.41, 5.74) is -2.73. The maximum Gasteiger partial charge on any atom is 0.315 e. The molecule has 0 radical (unpaired) electrons. The lowest BCUT2D eigenvalue weighted by atomic mass is 9.85. The average Bonchev–Trinajstić information content (AvgIpc) is 2.40. The number of aliphatic hydroxyl groups excluding tert-OH is 1. The van der Waals surface area contributed by atoms with Crippen LogP contribution in [0.5, 0.6) is 11.5 Å². The smallest absolute Gasteiger partial charge is 0.315 e. The summed E-state index contributed by atoms with van der Waals surface area (Å²) < 4.78 is 0. The van der Waals surface area contributed by atoms with Crippen LogP contribution in [-0.2, 0) is 4.79 Å². The number of nitro benzene ring substituents is 1. The molecule has 0 heterocycles. The lowest BCUT2D eigenvalue weighted by Gasteiger charge is -2.16. The zero-order chi connectivity index (χ0) is 17.2. The highest BCUT2D eigenvalue weighted by Crippen LogP contribution is 2.38. The van der Waals surface area contributed by atoms with Crippen molar-refractivity contribution >= 4 is 17.2 Å². The molecular weight excluding hydrogens is 292 g/mol. The van der Waals surface area contributed by atoms with Gasteiger partial charge in [-0.2, -0.15) is 5.26 Å². The lowest BCUT2D eigenvalue weighted by molar-refractivity contribution is -0.386. The van der Waals surface area contributed by atoms with E-state index in [1.807, 2.05) is 0 Å². The van der Waals surface area contributed by atoms with E-state index in [0.29, 0.717) is 0 Å². The number of carbonyl (C=O) groups excluding carboxylic acids is 1. The number of allylic oxidation sites excluding steroid dienone is 1. The van der Waals surface area contributed by atoms with Gasteiger partial charge in [-0.25, -0.2) is 0 Å². The molecule has 1 rings (SSSR count). The third-order valence-corrected chi connectivity index (χ3v) is 2.80. The highest BCUT2D eigenvalue weighted by molar-refractivity contribution is 6.07. The number of phenolic OH excluding ortho intramolecular Hbond substituents is 2. The standard InChI is InChI=1S/C14H14N2O6/c1-14(2,3)13(20)8(6-15)11(18)7-4-9(16(21)22)12(19)10(17)5-7/h4-5,17-19H,1-3H3/b11-8-. The highest BCUT2D eigenvalue weighted by atomic mass is 16.6. The van der Waals surface area contributed by atoms with Crippen LogP contribution >= 0.6 is 0 Å². The largest absolute Gasteiger partial charge is 0.506 e.